The molecular weight excluding hydrogens is 398 g/mol. The fourth-order valence-electron chi connectivity index (χ4n) is 2.54. The lowest BCUT2D eigenvalue weighted by Crippen LogP contribution is -2.27. The van der Waals surface area contributed by atoms with Gasteiger partial charge in [-0.05, 0) is 59.1 Å². The molecule has 2 rings (SSSR count). The minimum Gasteiger partial charge on any atom is -0.352 e. The minimum absolute atomic E-state index is 0.0336. The topological polar surface area (TPSA) is 78.5 Å². The number of hydrogen-bond acceptors (Lipinski definition) is 4. The molecule has 0 unspecified atom stereocenters. The summed E-state index contributed by atoms with van der Waals surface area (Å²) < 4.78 is 0. The average molecular weight is 428 g/mol. The smallest absolute Gasteiger partial charge is 0.285 e. The number of carbonyl (C=O) groups excluding carboxylic acids is 3. The molecule has 3 amide bonds. The van der Waals surface area contributed by atoms with Crippen molar-refractivity contribution in [2.75, 3.05) is 26.0 Å². The van der Waals surface area contributed by atoms with Crippen LogP contribution in [-0.4, -0.2) is 42.6 Å². The molecule has 0 spiro atoms. The van der Waals surface area contributed by atoms with Crippen LogP contribution in [0, 0.1) is 0 Å². The molecule has 0 aliphatic rings. The van der Waals surface area contributed by atoms with Crippen LogP contribution in [0.25, 0.3) is 0 Å². The van der Waals surface area contributed by atoms with Crippen LogP contribution in [0.1, 0.15) is 43.1 Å². The maximum atomic E-state index is 12.2. The Morgan fingerprint density at radius 2 is 1.53 bits per heavy atom. The molecule has 30 heavy (non-hydrogen) atoms. The third-order valence-corrected chi connectivity index (χ3v) is 5.41. The van der Waals surface area contributed by atoms with Crippen LogP contribution in [0.3, 0.4) is 0 Å². The van der Waals surface area contributed by atoms with Crippen molar-refractivity contribution in [2.24, 2.45) is 0 Å². The van der Waals surface area contributed by atoms with Crippen LogP contribution in [-0.2, 0) is 10.2 Å². The summed E-state index contributed by atoms with van der Waals surface area (Å²) in [5.41, 5.74) is 2.41. The predicted octanol–water partition coefficient (Wildman–Crippen LogP) is 4.52. The minimum atomic E-state index is -0.199. The van der Waals surface area contributed by atoms with Crippen LogP contribution in [0.2, 0.25) is 0 Å². The Morgan fingerprint density at radius 3 is 2.07 bits per heavy atom. The molecule has 160 valence electrons. The Hall–Kier alpha value is -2.80. The number of benzene rings is 2. The monoisotopic (exact) mass is 427 g/mol. The van der Waals surface area contributed by atoms with E-state index in [2.05, 4.69) is 31.4 Å². The summed E-state index contributed by atoms with van der Waals surface area (Å²) in [5, 5.41) is 5.50. The molecule has 0 radical (unpaired) electrons. The number of hydrogen-bond donors (Lipinski definition) is 2. The molecule has 7 heteroatoms. The molecule has 2 aromatic rings. The van der Waals surface area contributed by atoms with E-state index in [0.717, 1.165) is 22.2 Å². The van der Waals surface area contributed by atoms with Crippen molar-refractivity contribution in [3.63, 3.8) is 0 Å². The van der Waals surface area contributed by atoms with Crippen molar-refractivity contribution in [3.8, 4) is 0 Å². The van der Waals surface area contributed by atoms with E-state index in [0.29, 0.717) is 11.3 Å². The number of rotatable bonds is 6. The molecule has 0 fully saturated rings. The standard InChI is InChI=1S/C23H29N3O3S/c1-23(2,3)17-8-6-16(7-9-17)21(28)24-15-14-20(27)25-18-10-12-19(13-11-18)30-22(29)26(4)5/h6-13H,14-15H2,1-5H3,(H,24,28)(H,25,27). The number of thioether (sulfide) groups is 1. The summed E-state index contributed by atoms with van der Waals surface area (Å²) in [7, 11) is 3.40. The molecule has 0 aliphatic carbocycles. The van der Waals surface area contributed by atoms with Gasteiger partial charge < -0.3 is 15.5 Å². The summed E-state index contributed by atoms with van der Waals surface area (Å²) in [6.45, 7) is 6.61. The van der Waals surface area contributed by atoms with E-state index >= 15 is 0 Å². The van der Waals surface area contributed by atoms with Crippen LogP contribution in [0.15, 0.2) is 53.4 Å². The van der Waals surface area contributed by atoms with Gasteiger partial charge in [0.25, 0.3) is 11.1 Å². The average Bonchev–Trinajstić information content (AvgIpc) is 2.68. The van der Waals surface area contributed by atoms with Crippen molar-refractivity contribution in [1.82, 2.24) is 10.2 Å². The molecule has 2 aromatic carbocycles. The number of nitrogens with zero attached hydrogens (tertiary/aromatic N) is 1. The molecule has 0 aromatic heterocycles. The third-order valence-electron chi connectivity index (χ3n) is 4.36. The second-order valence-corrected chi connectivity index (χ2v) is 9.19. The van der Waals surface area contributed by atoms with E-state index < -0.39 is 0 Å². The van der Waals surface area contributed by atoms with E-state index in [1.54, 1.807) is 50.5 Å². The Morgan fingerprint density at radius 1 is 0.933 bits per heavy atom. The predicted molar refractivity (Wildman–Crippen MR) is 122 cm³/mol. The lowest BCUT2D eigenvalue weighted by Gasteiger charge is -2.19. The van der Waals surface area contributed by atoms with Gasteiger partial charge in [0.15, 0.2) is 0 Å². The SMILES string of the molecule is CN(C)C(=O)Sc1ccc(NC(=O)CCNC(=O)c2ccc(C(C)(C)C)cc2)cc1. The van der Waals surface area contributed by atoms with E-state index in [1.807, 2.05) is 12.1 Å². The van der Waals surface area contributed by atoms with Crippen LogP contribution in [0.4, 0.5) is 10.5 Å². The molecule has 0 saturated heterocycles. The van der Waals surface area contributed by atoms with Crippen molar-refractivity contribution < 1.29 is 14.4 Å². The van der Waals surface area contributed by atoms with Gasteiger partial charge in [-0.3, -0.25) is 14.4 Å². The summed E-state index contributed by atoms with van der Waals surface area (Å²) in [6, 6.07) is 14.6. The summed E-state index contributed by atoms with van der Waals surface area (Å²) in [6.07, 6.45) is 0.168. The molecule has 0 aliphatic heterocycles. The van der Waals surface area contributed by atoms with Crippen LogP contribution < -0.4 is 10.6 Å². The zero-order valence-electron chi connectivity index (χ0n) is 18.1. The fourth-order valence-corrected chi connectivity index (χ4v) is 3.19. The summed E-state index contributed by atoms with van der Waals surface area (Å²) in [4.78, 5) is 38.4. The normalized spacial score (nSPS) is 11.0. The Kier molecular flexibility index (Phi) is 8.06. The number of nitrogens with one attached hydrogen (secondary N) is 2. The van der Waals surface area contributed by atoms with E-state index in [-0.39, 0.29) is 35.4 Å². The van der Waals surface area contributed by atoms with Gasteiger partial charge in [-0.2, -0.15) is 0 Å². The number of anilines is 1. The summed E-state index contributed by atoms with van der Waals surface area (Å²) in [5.74, 6) is -0.390. The molecule has 0 atom stereocenters. The Balaban J connectivity index is 1.78. The first-order chi connectivity index (χ1) is 14.1. The van der Waals surface area contributed by atoms with Crippen LogP contribution in [0.5, 0.6) is 0 Å². The van der Waals surface area contributed by atoms with Crippen LogP contribution >= 0.6 is 11.8 Å². The first-order valence-corrected chi connectivity index (χ1v) is 10.6. The molecule has 0 saturated carbocycles. The second kappa shape index (κ2) is 10.3. The highest BCUT2D eigenvalue weighted by molar-refractivity contribution is 8.13. The molecule has 6 nitrogen and oxygen atoms in total. The van der Waals surface area contributed by atoms with Crippen molar-refractivity contribution in [3.05, 3.63) is 59.7 Å². The van der Waals surface area contributed by atoms with E-state index in [4.69, 9.17) is 0 Å². The van der Waals surface area contributed by atoms with Gasteiger partial charge in [0.05, 0.1) is 0 Å². The first-order valence-electron chi connectivity index (χ1n) is 9.74. The van der Waals surface area contributed by atoms with E-state index in [1.165, 1.54) is 4.90 Å². The Bertz CT molecular complexity index is 885. The van der Waals surface area contributed by atoms with Gasteiger partial charge in [-0.1, -0.05) is 32.9 Å². The molecule has 0 heterocycles. The molecule has 0 bridgehead atoms. The highest BCUT2D eigenvalue weighted by Crippen LogP contribution is 2.23. The van der Waals surface area contributed by atoms with Gasteiger partial charge in [-0.15, -0.1) is 0 Å². The second-order valence-electron chi connectivity index (χ2n) is 8.17. The van der Waals surface area contributed by atoms with Crippen molar-refractivity contribution in [1.29, 1.82) is 0 Å². The quantitative estimate of drug-likeness (QED) is 0.665. The highest BCUT2D eigenvalue weighted by Gasteiger charge is 2.14. The van der Waals surface area contributed by atoms with Gasteiger partial charge in [0.2, 0.25) is 5.91 Å². The zero-order chi connectivity index (χ0) is 22.3. The van der Waals surface area contributed by atoms with Gasteiger partial charge >= 0.3 is 0 Å². The summed E-state index contributed by atoms with van der Waals surface area (Å²) >= 11 is 1.12. The number of carbonyl (C=O) groups is 3. The third kappa shape index (κ3) is 7.22. The number of amides is 3. The maximum absolute atomic E-state index is 12.2. The molecule has 2 N–H and O–H groups in total. The van der Waals surface area contributed by atoms with E-state index in [9.17, 15) is 14.4 Å². The first kappa shape index (κ1) is 23.5. The molecular formula is C23H29N3O3S. The maximum Gasteiger partial charge on any atom is 0.285 e. The van der Waals surface area contributed by atoms with Crippen molar-refractivity contribution in [2.45, 2.75) is 37.5 Å². The zero-order valence-corrected chi connectivity index (χ0v) is 18.9. The van der Waals surface area contributed by atoms with Crippen molar-refractivity contribution >= 4 is 34.5 Å². The fraction of sp³-hybridized carbons (Fsp3) is 0.348. The van der Waals surface area contributed by atoms with Gasteiger partial charge in [-0.25, -0.2) is 0 Å². The highest BCUT2D eigenvalue weighted by atomic mass is 32.2. The lowest BCUT2D eigenvalue weighted by molar-refractivity contribution is -0.116. The largest absolute Gasteiger partial charge is 0.352 e. The van der Waals surface area contributed by atoms with Gasteiger partial charge in [0, 0.05) is 43.2 Å². The Labute approximate surface area is 182 Å². The lowest BCUT2D eigenvalue weighted by atomic mass is 9.87. The van der Waals surface area contributed by atoms with Gasteiger partial charge in [0.1, 0.15) is 0 Å².